The third-order valence-electron chi connectivity index (χ3n) is 8.80. The van der Waals surface area contributed by atoms with Crippen LogP contribution in [0.2, 0.25) is 0 Å². The molecule has 2 heteroatoms. The lowest BCUT2D eigenvalue weighted by Crippen LogP contribution is -2.10. The van der Waals surface area contributed by atoms with Crippen molar-refractivity contribution in [1.29, 1.82) is 0 Å². The molecule has 0 saturated carbocycles. The van der Waals surface area contributed by atoms with Gasteiger partial charge in [0.2, 0.25) is 0 Å². The second-order valence-corrected chi connectivity index (χ2v) is 11.4. The van der Waals surface area contributed by atoms with Crippen LogP contribution in [0.1, 0.15) is 0 Å². The van der Waals surface area contributed by atoms with Crippen LogP contribution in [0, 0.1) is 0 Å². The van der Waals surface area contributed by atoms with E-state index in [9.17, 15) is 0 Å². The van der Waals surface area contributed by atoms with E-state index < -0.39 is 0 Å². The molecule has 2 nitrogen and oxygen atoms in total. The quantitative estimate of drug-likeness (QED) is 0.212. The fraction of sp³-hybridized carbons (Fsp3) is 0. The van der Waals surface area contributed by atoms with Crippen LogP contribution in [0.4, 0.5) is 17.1 Å². The van der Waals surface area contributed by atoms with E-state index in [1.165, 1.54) is 32.3 Å². The molecule has 9 rings (SSSR count). The molecule has 0 radical (unpaired) electrons. The van der Waals surface area contributed by atoms with Crippen molar-refractivity contribution in [3.8, 4) is 11.1 Å². The van der Waals surface area contributed by atoms with Crippen LogP contribution in [0.15, 0.2) is 168 Å². The van der Waals surface area contributed by atoms with Crippen molar-refractivity contribution in [1.82, 2.24) is 0 Å². The van der Waals surface area contributed by atoms with Gasteiger partial charge < -0.3 is 9.32 Å². The van der Waals surface area contributed by atoms with Gasteiger partial charge in [0, 0.05) is 33.1 Å². The lowest BCUT2D eigenvalue weighted by molar-refractivity contribution is 0.670. The largest absolute Gasteiger partial charge is 0.455 e. The Balaban J connectivity index is 1.28. The third kappa shape index (κ3) is 3.89. The highest BCUT2D eigenvalue weighted by Gasteiger charge is 2.19. The molecule has 0 spiro atoms. The fourth-order valence-corrected chi connectivity index (χ4v) is 6.73. The normalized spacial score (nSPS) is 11.6. The molecule has 0 amide bonds. The monoisotopic (exact) mass is 561 g/mol. The zero-order chi connectivity index (χ0) is 29.0. The van der Waals surface area contributed by atoms with Crippen LogP contribution in [0.25, 0.3) is 65.4 Å². The first-order valence-corrected chi connectivity index (χ1v) is 15.0. The maximum absolute atomic E-state index is 6.64. The van der Waals surface area contributed by atoms with Gasteiger partial charge in [-0.3, -0.25) is 0 Å². The molecule has 0 atom stereocenters. The van der Waals surface area contributed by atoms with Crippen molar-refractivity contribution in [2.75, 3.05) is 4.90 Å². The van der Waals surface area contributed by atoms with Crippen molar-refractivity contribution in [2.24, 2.45) is 0 Å². The highest BCUT2D eigenvalue weighted by Crippen LogP contribution is 2.44. The number of benzene rings is 8. The summed E-state index contributed by atoms with van der Waals surface area (Å²) in [7, 11) is 0. The molecule has 9 aromatic rings. The molecule has 0 fully saturated rings. The van der Waals surface area contributed by atoms with E-state index in [0.29, 0.717) is 0 Å². The molecule has 0 N–H and O–H groups in total. The Morgan fingerprint density at radius 1 is 0.364 bits per heavy atom. The Labute approximate surface area is 255 Å². The number of nitrogens with zero attached hydrogens (tertiary/aromatic N) is 1. The summed E-state index contributed by atoms with van der Waals surface area (Å²) in [4.78, 5) is 2.37. The zero-order valence-corrected chi connectivity index (χ0v) is 23.9. The van der Waals surface area contributed by atoms with Gasteiger partial charge in [-0.05, 0) is 75.0 Å². The molecule has 0 aliphatic heterocycles. The van der Waals surface area contributed by atoms with Gasteiger partial charge in [-0.2, -0.15) is 0 Å². The van der Waals surface area contributed by atoms with Crippen LogP contribution in [-0.4, -0.2) is 0 Å². The zero-order valence-electron chi connectivity index (χ0n) is 23.9. The predicted molar refractivity (Wildman–Crippen MR) is 186 cm³/mol. The van der Waals surface area contributed by atoms with Gasteiger partial charge in [0.05, 0.1) is 5.69 Å². The first-order chi connectivity index (χ1) is 21.8. The lowest BCUT2D eigenvalue weighted by atomic mass is 9.95. The van der Waals surface area contributed by atoms with Crippen molar-refractivity contribution in [3.63, 3.8) is 0 Å². The van der Waals surface area contributed by atoms with Crippen LogP contribution < -0.4 is 4.90 Å². The summed E-state index contributed by atoms with van der Waals surface area (Å²) < 4.78 is 6.64. The van der Waals surface area contributed by atoms with Crippen LogP contribution in [0.3, 0.4) is 0 Å². The van der Waals surface area contributed by atoms with E-state index in [-0.39, 0.29) is 0 Å². The lowest BCUT2D eigenvalue weighted by Gasteiger charge is -2.27. The Kier molecular flexibility index (Phi) is 5.54. The topological polar surface area (TPSA) is 16.4 Å². The maximum Gasteiger partial charge on any atom is 0.143 e. The standard InChI is InChI=1S/C42H27NO/c1-2-15-32(16-3-1)43(33-22-21-28-11-4-5-12-29(28)25-33)40-24-23-35(34-17-8-9-18-36(34)40)37-19-10-20-38-39-26-30-13-6-7-14-31(30)27-41(39)44-42(37)38/h1-27H. The molecule has 0 aliphatic carbocycles. The average molecular weight is 562 g/mol. The molecular formula is C42H27NO. The minimum Gasteiger partial charge on any atom is -0.455 e. The van der Waals surface area contributed by atoms with Crippen molar-refractivity contribution < 1.29 is 4.42 Å². The average Bonchev–Trinajstić information content (AvgIpc) is 3.45. The minimum atomic E-state index is 0.915. The number of fused-ring (bicyclic) bond motifs is 6. The van der Waals surface area contributed by atoms with Gasteiger partial charge in [-0.25, -0.2) is 0 Å². The first kappa shape index (κ1) is 24.7. The molecule has 0 saturated heterocycles. The fourth-order valence-electron chi connectivity index (χ4n) is 6.73. The number of anilines is 3. The van der Waals surface area contributed by atoms with E-state index in [0.717, 1.165) is 50.1 Å². The van der Waals surface area contributed by atoms with Crippen LogP contribution >= 0.6 is 0 Å². The summed E-state index contributed by atoms with van der Waals surface area (Å²) in [5, 5.41) is 9.51. The number of furan rings is 1. The molecule has 0 unspecified atom stereocenters. The molecule has 8 aromatic carbocycles. The van der Waals surface area contributed by atoms with Gasteiger partial charge in [0.1, 0.15) is 11.2 Å². The van der Waals surface area contributed by atoms with E-state index in [4.69, 9.17) is 4.42 Å². The minimum absolute atomic E-state index is 0.915. The van der Waals surface area contributed by atoms with E-state index in [2.05, 4.69) is 169 Å². The molecule has 1 aromatic heterocycles. The van der Waals surface area contributed by atoms with Gasteiger partial charge in [0.25, 0.3) is 0 Å². The summed E-state index contributed by atoms with van der Waals surface area (Å²) in [5.74, 6) is 0. The molecule has 44 heavy (non-hydrogen) atoms. The SMILES string of the molecule is c1ccc(N(c2ccc3ccccc3c2)c2ccc(-c3cccc4c3oc3cc5ccccc5cc34)c3ccccc23)cc1. The van der Waals surface area contributed by atoms with Crippen molar-refractivity contribution >= 4 is 71.3 Å². The predicted octanol–water partition coefficient (Wildman–Crippen LogP) is 12.2. The van der Waals surface area contributed by atoms with E-state index in [1.54, 1.807) is 0 Å². The van der Waals surface area contributed by atoms with Crippen LogP contribution in [-0.2, 0) is 0 Å². The number of rotatable bonds is 4. The van der Waals surface area contributed by atoms with E-state index >= 15 is 0 Å². The Morgan fingerprint density at radius 3 is 1.84 bits per heavy atom. The molecule has 206 valence electrons. The molecular weight excluding hydrogens is 534 g/mol. The third-order valence-corrected chi connectivity index (χ3v) is 8.80. The highest BCUT2D eigenvalue weighted by molar-refractivity contribution is 6.16. The Bertz CT molecular complexity index is 2510. The van der Waals surface area contributed by atoms with Crippen molar-refractivity contribution in [3.05, 3.63) is 164 Å². The smallest absolute Gasteiger partial charge is 0.143 e. The molecule has 0 aliphatic rings. The van der Waals surface area contributed by atoms with Gasteiger partial charge in [-0.15, -0.1) is 0 Å². The van der Waals surface area contributed by atoms with Crippen LogP contribution in [0.5, 0.6) is 0 Å². The summed E-state index contributed by atoms with van der Waals surface area (Å²) in [6, 6.07) is 58.5. The number of para-hydroxylation sites is 2. The Hall–Kier alpha value is -5.86. The van der Waals surface area contributed by atoms with Crippen molar-refractivity contribution in [2.45, 2.75) is 0 Å². The second-order valence-electron chi connectivity index (χ2n) is 11.4. The van der Waals surface area contributed by atoms with E-state index in [1.807, 2.05) is 0 Å². The summed E-state index contributed by atoms with van der Waals surface area (Å²) >= 11 is 0. The second kappa shape index (κ2) is 9.86. The molecule has 1 heterocycles. The van der Waals surface area contributed by atoms with Gasteiger partial charge in [0.15, 0.2) is 0 Å². The van der Waals surface area contributed by atoms with Gasteiger partial charge in [-0.1, -0.05) is 121 Å². The Morgan fingerprint density at radius 2 is 1.02 bits per heavy atom. The first-order valence-electron chi connectivity index (χ1n) is 15.0. The maximum atomic E-state index is 6.64. The molecule has 0 bridgehead atoms. The summed E-state index contributed by atoms with van der Waals surface area (Å²) in [6.07, 6.45) is 0. The summed E-state index contributed by atoms with van der Waals surface area (Å²) in [6.45, 7) is 0. The summed E-state index contributed by atoms with van der Waals surface area (Å²) in [5.41, 5.74) is 7.47. The number of hydrogen-bond donors (Lipinski definition) is 0. The highest BCUT2D eigenvalue weighted by atomic mass is 16.3. The van der Waals surface area contributed by atoms with Gasteiger partial charge >= 0.3 is 0 Å². The number of hydrogen-bond acceptors (Lipinski definition) is 2.